The van der Waals surface area contributed by atoms with E-state index in [0.29, 0.717) is 26.1 Å². The lowest BCUT2D eigenvalue weighted by molar-refractivity contribution is 0.173. The van der Waals surface area contributed by atoms with Gasteiger partial charge in [-0.1, -0.05) is 41.7 Å². The Balaban J connectivity index is 1.11. The second kappa shape index (κ2) is 10.8. The van der Waals surface area contributed by atoms with Crippen LogP contribution in [0.15, 0.2) is 65.4 Å². The zero-order valence-corrected chi connectivity index (χ0v) is 24.9. The molecule has 4 aromatic rings. The molecule has 2 aromatic carbocycles. The van der Waals surface area contributed by atoms with Gasteiger partial charge in [-0.05, 0) is 48.6 Å². The third-order valence-corrected chi connectivity index (χ3v) is 12.2. The molecule has 0 bridgehead atoms. The van der Waals surface area contributed by atoms with Gasteiger partial charge in [-0.2, -0.15) is 4.31 Å². The van der Waals surface area contributed by atoms with Crippen molar-refractivity contribution < 1.29 is 17.9 Å². The number of fused-ring (bicyclic) bond motifs is 2. The van der Waals surface area contributed by atoms with Gasteiger partial charge in [0, 0.05) is 50.9 Å². The number of anilines is 1. The number of sulfonamides is 1. The number of hydrogen-bond acceptors (Lipinski definition) is 8. The highest BCUT2D eigenvalue weighted by Gasteiger charge is 2.37. The molecule has 1 unspecified atom stereocenters. The smallest absolute Gasteiger partial charge is 0.254 e. The normalized spacial score (nSPS) is 22.2. The van der Waals surface area contributed by atoms with Crippen LogP contribution >= 0.6 is 11.3 Å². The van der Waals surface area contributed by atoms with Gasteiger partial charge in [0.15, 0.2) is 9.34 Å². The van der Waals surface area contributed by atoms with E-state index in [2.05, 4.69) is 37.3 Å². The van der Waals surface area contributed by atoms with Crippen molar-refractivity contribution in [1.82, 2.24) is 23.7 Å². The topological polar surface area (TPSA) is 94.8 Å². The summed E-state index contributed by atoms with van der Waals surface area (Å²) >= 11 is 1.23. The quantitative estimate of drug-likeness (QED) is 0.356. The van der Waals surface area contributed by atoms with Crippen molar-refractivity contribution in [3.05, 3.63) is 83.7 Å². The van der Waals surface area contributed by atoms with E-state index in [-0.39, 0.29) is 28.2 Å². The van der Waals surface area contributed by atoms with E-state index in [1.807, 2.05) is 18.3 Å². The van der Waals surface area contributed by atoms with Crippen molar-refractivity contribution >= 4 is 26.5 Å². The molecule has 42 heavy (non-hydrogen) atoms. The number of rotatable bonds is 6. The van der Waals surface area contributed by atoms with Gasteiger partial charge in [0.05, 0.1) is 36.6 Å². The summed E-state index contributed by atoms with van der Waals surface area (Å²) in [5.74, 6) is -0.268. The minimum absolute atomic E-state index is 0.0540. The molecule has 2 saturated heterocycles. The molecule has 0 saturated carbocycles. The van der Waals surface area contributed by atoms with Gasteiger partial charge >= 0.3 is 0 Å². The fraction of sp³-hybridized carbons (Fsp3) is 0.400. The Morgan fingerprint density at radius 3 is 2.74 bits per heavy atom. The van der Waals surface area contributed by atoms with Crippen LogP contribution in [-0.2, 0) is 23.0 Å². The number of benzene rings is 2. The van der Waals surface area contributed by atoms with Gasteiger partial charge in [-0.15, -0.1) is 0 Å². The van der Waals surface area contributed by atoms with Crippen LogP contribution in [0, 0.1) is 5.82 Å². The largest absolute Gasteiger partial charge is 0.392 e. The molecule has 9 nitrogen and oxygen atoms in total. The molecule has 3 aliphatic heterocycles. The zero-order chi connectivity index (χ0) is 29.0. The Bertz CT molecular complexity index is 1710. The highest BCUT2D eigenvalue weighted by atomic mass is 32.2. The molecule has 0 aliphatic carbocycles. The number of thiazole rings is 1. The molecule has 2 aromatic heterocycles. The predicted octanol–water partition coefficient (Wildman–Crippen LogP) is 3.76. The fourth-order valence-electron chi connectivity index (χ4n) is 6.59. The number of imidazole rings is 1. The van der Waals surface area contributed by atoms with Crippen LogP contribution in [0.2, 0.25) is 0 Å². The molecule has 1 N–H and O–H groups in total. The number of aliphatic hydroxyl groups is 1. The molecular formula is C30H33FN6O3S2. The Morgan fingerprint density at radius 2 is 1.90 bits per heavy atom. The maximum Gasteiger partial charge on any atom is 0.254 e. The highest BCUT2D eigenvalue weighted by Crippen LogP contribution is 2.36. The maximum absolute atomic E-state index is 13.8. The van der Waals surface area contributed by atoms with Gasteiger partial charge < -0.3 is 14.6 Å². The molecule has 3 atom stereocenters. The van der Waals surface area contributed by atoms with E-state index < -0.39 is 10.0 Å². The fourth-order valence-corrected chi connectivity index (χ4v) is 9.31. The second-order valence-electron chi connectivity index (χ2n) is 11.4. The van der Waals surface area contributed by atoms with Crippen LogP contribution in [0.4, 0.5) is 9.52 Å². The molecule has 0 amide bonds. The summed E-state index contributed by atoms with van der Waals surface area (Å²) in [6, 6.07) is 12.8. The summed E-state index contributed by atoms with van der Waals surface area (Å²) in [4.78, 5) is 13.4. The highest BCUT2D eigenvalue weighted by molar-refractivity contribution is 7.91. The van der Waals surface area contributed by atoms with Gasteiger partial charge in [-0.25, -0.2) is 22.8 Å². The number of nitrogens with zero attached hydrogens (tertiary/aromatic N) is 6. The van der Waals surface area contributed by atoms with Crippen molar-refractivity contribution in [2.24, 2.45) is 0 Å². The third-order valence-electron chi connectivity index (χ3n) is 8.87. The van der Waals surface area contributed by atoms with Crippen LogP contribution in [0.1, 0.15) is 36.1 Å². The molecule has 5 heterocycles. The van der Waals surface area contributed by atoms with Crippen molar-refractivity contribution in [2.75, 3.05) is 37.6 Å². The molecule has 7 rings (SSSR count). The number of piperazine rings is 1. The molecule has 2 fully saturated rings. The molecular weight excluding hydrogens is 576 g/mol. The summed E-state index contributed by atoms with van der Waals surface area (Å²) in [6.07, 6.45) is 6.16. The molecule has 12 heteroatoms. The summed E-state index contributed by atoms with van der Waals surface area (Å²) < 4.78 is 44.9. The van der Waals surface area contributed by atoms with Gasteiger partial charge in [-0.3, -0.25) is 4.90 Å². The van der Waals surface area contributed by atoms with Crippen LogP contribution in [0.5, 0.6) is 0 Å². The van der Waals surface area contributed by atoms with Crippen LogP contribution in [0.25, 0.3) is 11.3 Å². The van der Waals surface area contributed by atoms with Crippen molar-refractivity contribution in [3.63, 3.8) is 0 Å². The number of aliphatic hydroxyl groups excluding tert-OH is 1. The first-order valence-electron chi connectivity index (χ1n) is 14.3. The minimum Gasteiger partial charge on any atom is -0.392 e. The lowest BCUT2D eigenvalue weighted by Gasteiger charge is -2.37. The van der Waals surface area contributed by atoms with E-state index >= 15 is 0 Å². The second-order valence-corrected chi connectivity index (χ2v) is 14.6. The lowest BCUT2D eigenvalue weighted by atomic mass is 9.93. The SMILES string of the molecule is CC(c1ccc(F)cc1)n1cncc1-c1cccc2c1CCN(S(=O)(=O)c1cnc(N3CCN4C[C@H](O)C[C@H]4C3)s1)C2. The standard InChI is InChI=1S/C30H33FN6O3S2/c1-20(21-5-7-23(31)8-6-21)37-19-32-14-28(37)27-4-2-3-22-16-36(10-9-26(22)27)42(39,40)29-15-33-30(41-29)35-12-11-34-18-25(38)13-24(34)17-35/h2-8,14-15,19-20,24-25,38H,9-13,16-18H2,1H3/t20?,24-,25+/m0/s1. The third kappa shape index (κ3) is 4.94. The predicted molar refractivity (Wildman–Crippen MR) is 159 cm³/mol. The Hall–Kier alpha value is -3.16. The van der Waals surface area contributed by atoms with E-state index in [0.717, 1.165) is 59.1 Å². The number of hydrogen-bond donors (Lipinski definition) is 1. The first-order chi connectivity index (χ1) is 20.3. The van der Waals surface area contributed by atoms with E-state index in [9.17, 15) is 17.9 Å². The van der Waals surface area contributed by atoms with E-state index in [1.165, 1.54) is 29.7 Å². The Morgan fingerprint density at radius 1 is 1.07 bits per heavy atom. The summed E-state index contributed by atoms with van der Waals surface area (Å²) in [5, 5.41) is 10.8. The first-order valence-corrected chi connectivity index (χ1v) is 16.5. The van der Waals surface area contributed by atoms with Crippen LogP contribution in [0.3, 0.4) is 0 Å². The van der Waals surface area contributed by atoms with E-state index in [4.69, 9.17) is 0 Å². The monoisotopic (exact) mass is 608 g/mol. The Kier molecular flexibility index (Phi) is 7.14. The average molecular weight is 609 g/mol. The minimum atomic E-state index is -3.71. The molecule has 220 valence electrons. The zero-order valence-electron chi connectivity index (χ0n) is 23.3. The first kappa shape index (κ1) is 27.7. The van der Waals surface area contributed by atoms with Crippen molar-refractivity contribution in [3.8, 4) is 11.3 Å². The molecule has 0 radical (unpaired) electrons. The number of aromatic nitrogens is 3. The van der Waals surface area contributed by atoms with Crippen molar-refractivity contribution in [1.29, 1.82) is 0 Å². The summed E-state index contributed by atoms with van der Waals surface area (Å²) in [5.41, 5.74) is 5.06. The van der Waals surface area contributed by atoms with Gasteiger partial charge in [0.2, 0.25) is 0 Å². The number of halogens is 1. The average Bonchev–Trinajstić information content (AvgIpc) is 3.76. The van der Waals surface area contributed by atoms with Crippen LogP contribution in [-0.4, -0.2) is 82.1 Å². The Labute approximate surface area is 248 Å². The molecule has 3 aliphatic rings. The van der Waals surface area contributed by atoms with Gasteiger partial charge in [0.25, 0.3) is 10.0 Å². The maximum atomic E-state index is 13.8. The van der Waals surface area contributed by atoms with Gasteiger partial charge in [0.1, 0.15) is 5.82 Å². The van der Waals surface area contributed by atoms with Crippen LogP contribution < -0.4 is 4.90 Å². The van der Waals surface area contributed by atoms with Crippen molar-refractivity contribution in [2.45, 2.75) is 48.7 Å². The summed E-state index contributed by atoms with van der Waals surface area (Å²) in [7, 11) is -3.71. The van der Waals surface area contributed by atoms with E-state index in [1.54, 1.807) is 22.8 Å². The summed E-state index contributed by atoms with van der Waals surface area (Å²) in [6.45, 7) is 5.80. The lowest BCUT2D eigenvalue weighted by Crippen LogP contribution is -2.50. The molecule has 0 spiro atoms.